The lowest BCUT2D eigenvalue weighted by atomic mass is 9.88. The van der Waals surface area contributed by atoms with E-state index in [2.05, 4.69) is 90.4 Å². The molecule has 0 radical (unpaired) electrons. The molecule has 1 N–H and O–H groups in total. The van der Waals surface area contributed by atoms with Crippen LogP contribution in [0.5, 0.6) is 0 Å². The summed E-state index contributed by atoms with van der Waals surface area (Å²) in [4.78, 5) is 14.9. The molecule has 0 unspecified atom stereocenters. The summed E-state index contributed by atoms with van der Waals surface area (Å²) < 4.78 is 0. The summed E-state index contributed by atoms with van der Waals surface area (Å²) in [5, 5.41) is 3.91. The molecule has 1 saturated heterocycles. The van der Waals surface area contributed by atoms with Crippen molar-refractivity contribution in [1.82, 2.24) is 10.2 Å². The van der Waals surface area contributed by atoms with Crippen LogP contribution in [0.1, 0.15) is 49.7 Å². The van der Waals surface area contributed by atoms with Gasteiger partial charge in [-0.25, -0.2) is 0 Å². The van der Waals surface area contributed by atoms with Crippen LogP contribution in [0, 0.1) is 0 Å². The molecule has 28 heavy (non-hydrogen) atoms. The zero-order chi connectivity index (χ0) is 19.8. The Balaban J connectivity index is 1.73. The van der Waals surface area contributed by atoms with Gasteiger partial charge in [-0.3, -0.25) is 4.79 Å². The standard InChI is InChI=1S/C24H32N2OS/c1-2-9-24(27)26(18-21-16-22(28)17-25-21)15-14-23(19-10-5-3-6-11-19)20-12-7-4-8-13-20/h3-8,10-13,21-23,25,28H,2,9,14-18H2,1H3/t21-,22-/m0/s1. The molecule has 2 atom stereocenters. The van der Waals surface area contributed by atoms with Crippen LogP contribution in [-0.2, 0) is 4.79 Å². The Morgan fingerprint density at radius 1 is 1.11 bits per heavy atom. The van der Waals surface area contributed by atoms with E-state index in [1.54, 1.807) is 0 Å². The zero-order valence-electron chi connectivity index (χ0n) is 16.8. The van der Waals surface area contributed by atoms with Crippen LogP contribution < -0.4 is 5.32 Å². The Kier molecular flexibility index (Phi) is 7.99. The van der Waals surface area contributed by atoms with E-state index in [0.29, 0.717) is 23.6 Å². The summed E-state index contributed by atoms with van der Waals surface area (Å²) in [6.07, 6.45) is 3.47. The molecule has 2 aromatic rings. The number of rotatable bonds is 9. The van der Waals surface area contributed by atoms with E-state index < -0.39 is 0 Å². The average molecular weight is 397 g/mol. The monoisotopic (exact) mass is 396 g/mol. The third kappa shape index (κ3) is 5.86. The van der Waals surface area contributed by atoms with Crippen LogP contribution in [-0.4, -0.2) is 41.7 Å². The van der Waals surface area contributed by atoms with Crippen LogP contribution in [0.4, 0.5) is 0 Å². The van der Waals surface area contributed by atoms with Crippen molar-refractivity contribution in [3.63, 3.8) is 0 Å². The highest BCUT2D eigenvalue weighted by molar-refractivity contribution is 7.81. The van der Waals surface area contributed by atoms with Gasteiger partial charge in [-0.15, -0.1) is 0 Å². The second-order valence-corrected chi connectivity index (χ2v) is 8.48. The number of hydrogen-bond acceptors (Lipinski definition) is 3. The number of nitrogens with one attached hydrogen (secondary N) is 1. The summed E-state index contributed by atoms with van der Waals surface area (Å²) in [5.41, 5.74) is 2.62. The van der Waals surface area contributed by atoms with Gasteiger partial charge in [0.15, 0.2) is 0 Å². The first kappa shape index (κ1) is 20.9. The van der Waals surface area contributed by atoms with Crippen molar-refractivity contribution in [3.8, 4) is 0 Å². The average Bonchev–Trinajstić information content (AvgIpc) is 3.14. The maximum absolute atomic E-state index is 12.8. The lowest BCUT2D eigenvalue weighted by molar-refractivity contribution is -0.131. The minimum absolute atomic E-state index is 0.270. The van der Waals surface area contributed by atoms with Crippen LogP contribution in [0.15, 0.2) is 60.7 Å². The van der Waals surface area contributed by atoms with E-state index in [1.807, 2.05) is 0 Å². The van der Waals surface area contributed by atoms with Gasteiger partial charge in [0.1, 0.15) is 0 Å². The minimum atomic E-state index is 0.270. The number of benzene rings is 2. The van der Waals surface area contributed by atoms with Gasteiger partial charge in [0, 0.05) is 43.3 Å². The predicted octanol–water partition coefficient (Wildman–Crippen LogP) is 4.50. The van der Waals surface area contributed by atoms with Crippen molar-refractivity contribution < 1.29 is 4.79 Å². The predicted molar refractivity (Wildman–Crippen MR) is 120 cm³/mol. The summed E-state index contributed by atoms with van der Waals surface area (Å²) in [6.45, 7) is 4.57. The highest BCUT2D eigenvalue weighted by Gasteiger charge is 2.26. The molecule has 0 bridgehead atoms. The lowest BCUT2D eigenvalue weighted by Gasteiger charge is -2.28. The van der Waals surface area contributed by atoms with E-state index >= 15 is 0 Å². The van der Waals surface area contributed by atoms with Crippen molar-refractivity contribution in [2.24, 2.45) is 0 Å². The Morgan fingerprint density at radius 2 is 1.71 bits per heavy atom. The summed E-state index contributed by atoms with van der Waals surface area (Å²) in [5.74, 6) is 0.570. The number of amides is 1. The highest BCUT2D eigenvalue weighted by atomic mass is 32.1. The molecule has 150 valence electrons. The first-order valence-electron chi connectivity index (χ1n) is 10.5. The highest BCUT2D eigenvalue weighted by Crippen LogP contribution is 2.28. The van der Waals surface area contributed by atoms with E-state index in [0.717, 1.165) is 38.9 Å². The van der Waals surface area contributed by atoms with Gasteiger partial charge in [-0.2, -0.15) is 12.6 Å². The van der Waals surface area contributed by atoms with Crippen molar-refractivity contribution in [2.75, 3.05) is 19.6 Å². The maximum Gasteiger partial charge on any atom is 0.222 e. The lowest BCUT2D eigenvalue weighted by Crippen LogP contribution is -2.41. The van der Waals surface area contributed by atoms with E-state index in [1.165, 1.54) is 11.1 Å². The zero-order valence-corrected chi connectivity index (χ0v) is 17.7. The first-order chi connectivity index (χ1) is 13.7. The molecule has 1 amide bonds. The van der Waals surface area contributed by atoms with Crippen molar-refractivity contribution in [1.29, 1.82) is 0 Å². The quantitative estimate of drug-likeness (QED) is 0.612. The fraction of sp³-hybridized carbons (Fsp3) is 0.458. The van der Waals surface area contributed by atoms with Gasteiger partial charge < -0.3 is 10.2 Å². The Labute approximate surface area is 174 Å². The van der Waals surface area contributed by atoms with E-state index in [9.17, 15) is 4.79 Å². The third-order valence-electron chi connectivity index (χ3n) is 5.55. The van der Waals surface area contributed by atoms with Crippen molar-refractivity contribution in [2.45, 2.75) is 49.8 Å². The smallest absolute Gasteiger partial charge is 0.222 e. The maximum atomic E-state index is 12.8. The van der Waals surface area contributed by atoms with Gasteiger partial charge in [0.2, 0.25) is 5.91 Å². The Hall–Kier alpha value is -1.78. The second kappa shape index (κ2) is 10.7. The first-order valence-corrected chi connectivity index (χ1v) is 11.0. The molecule has 3 rings (SSSR count). The molecule has 0 saturated carbocycles. The topological polar surface area (TPSA) is 32.3 Å². The normalized spacial score (nSPS) is 19.1. The number of nitrogens with zero attached hydrogens (tertiary/aromatic N) is 1. The molecule has 2 aromatic carbocycles. The molecular weight excluding hydrogens is 364 g/mol. The van der Waals surface area contributed by atoms with Gasteiger partial charge >= 0.3 is 0 Å². The molecule has 0 aromatic heterocycles. The molecular formula is C24H32N2OS. The molecule has 1 heterocycles. The molecule has 4 heteroatoms. The van der Waals surface area contributed by atoms with Gasteiger partial charge in [0.05, 0.1) is 0 Å². The molecule has 0 spiro atoms. The largest absolute Gasteiger partial charge is 0.341 e. The van der Waals surface area contributed by atoms with Crippen LogP contribution in [0.3, 0.4) is 0 Å². The number of carbonyl (C=O) groups is 1. The number of hydrogen-bond donors (Lipinski definition) is 2. The molecule has 1 aliphatic heterocycles. The van der Waals surface area contributed by atoms with Gasteiger partial charge in [0.25, 0.3) is 0 Å². The summed E-state index contributed by atoms with van der Waals surface area (Å²) in [7, 11) is 0. The number of thiol groups is 1. The molecule has 3 nitrogen and oxygen atoms in total. The molecule has 0 aliphatic carbocycles. The van der Waals surface area contributed by atoms with Crippen molar-refractivity contribution in [3.05, 3.63) is 71.8 Å². The minimum Gasteiger partial charge on any atom is -0.341 e. The van der Waals surface area contributed by atoms with Crippen LogP contribution >= 0.6 is 12.6 Å². The van der Waals surface area contributed by atoms with Crippen LogP contribution in [0.2, 0.25) is 0 Å². The third-order valence-corrected chi connectivity index (χ3v) is 5.94. The Bertz CT molecular complexity index is 682. The Morgan fingerprint density at radius 3 is 2.21 bits per heavy atom. The SMILES string of the molecule is CCCC(=O)N(CCC(c1ccccc1)c1ccccc1)C[C@@H]1C[C@H](S)CN1. The van der Waals surface area contributed by atoms with Gasteiger partial charge in [-0.1, -0.05) is 67.6 Å². The summed E-state index contributed by atoms with van der Waals surface area (Å²) >= 11 is 4.58. The number of carbonyl (C=O) groups excluding carboxylic acids is 1. The van der Waals surface area contributed by atoms with Crippen LogP contribution in [0.25, 0.3) is 0 Å². The van der Waals surface area contributed by atoms with Gasteiger partial charge in [-0.05, 0) is 30.4 Å². The molecule has 1 fully saturated rings. The second-order valence-electron chi connectivity index (χ2n) is 7.75. The van der Waals surface area contributed by atoms with Crippen molar-refractivity contribution >= 4 is 18.5 Å². The van der Waals surface area contributed by atoms with E-state index in [4.69, 9.17) is 0 Å². The fourth-order valence-corrected chi connectivity index (χ4v) is 4.43. The van der Waals surface area contributed by atoms with E-state index in [-0.39, 0.29) is 5.91 Å². The summed E-state index contributed by atoms with van der Waals surface area (Å²) in [6, 6.07) is 21.6. The fourth-order valence-electron chi connectivity index (χ4n) is 4.07. The molecule has 1 aliphatic rings.